The summed E-state index contributed by atoms with van der Waals surface area (Å²) in [4.78, 5) is 4.26. The predicted octanol–water partition coefficient (Wildman–Crippen LogP) is 3.69. The first-order valence-corrected chi connectivity index (χ1v) is 4.67. The molecule has 0 aliphatic heterocycles. The van der Waals surface area contributed by atoms with Crippen LogP contribution in [0.15, 0.2) is 53.7 Å². The van der Waals surface area contributed by atoms with Crippen LogP contribution in [0.3, 0.4) is 0 Å². The maximum Gasteiger partial charge on any atom is 0.0446 e. The second kappa shape index (κ2) is 5.18. The highest BCUT2D eigenvalue weighted by Crippen LogP contribution is 2.19. The Balaban J connectivity index is 3.17. The molecule has 0 aliphatic carbocycles. The lowest BCUT2D eigenvalue weighted by atomic mass is 10.0. The van der Waals surface area contributed by atoms with Gasteiger partial charge in [-0.1, -0.05) is 43.0 Å². The van der Waals surface area contributed by atoms with Crippen LogP contribution in [0.5, 0.6) is 0 Å². The van der Waals surface area contributed by atoms with Crippen molar-refractivity contribution in [2.45, 2.75) is 13.8 Å². The van der Waals surface area contributed by atoms with Gasteiger partial charge >= 0.3 is 0 Å². The molecule has 0 fully saturated rings. The molecule has 1 nitrogen and oxygen atoms in total. The Bertz CT molecular complexity index is 358. The van der Waals surface area contributed by atoms with Crippen molar-refractivity contribution >= 4 is 11.8 Å². The number of allylic oxidation sites excluding steroid dienone is 3. The first-order valence-electron chi connectivity index (χ1n) is 4.67. The van der Waals surface area contributed by atoms with Gasteiger partial charge in [0.15, 0.2) is 0 Å². The molecule has 14 heavy (non-hydrogen) atoms. The molecule has 1 rings (SSSR count). The van der Waals surface area contributed by atoms with Crippen molar-refractivity contribution < 1.29 is 0 Å². The van der Waals surface area contributed by atoms with Crippen LogP contribution >= 0.6 is 0 Å². The van der Waals surface area contributed by atoms with E-state index in [-0.39, 0.29) is 0 Å². The number of hydrogen-bond donors (Lipinski definition) is 0. The van der Waals surface area contributed by atoms with Gasteiger partial charge in [-0.3, -0.25) is 4.99 Å². The highest BCUT2D eigenvalue weighted by molar-refractivity contribution is 5.77. The van der Waals surface area contributed by atoms with Crippen LogP contribution in [0.2, 0.25) is 0 Å². The Morgan fingerprint density at radius 2 is 1.93 bits per heavy atom. The van der Waals surface area contributed by atoms with Crippen LogP contribution in [-0.4, -0.2) is 6.21 Å². The fourth-order valence-corrected chi connectivity index (χ4v) is 1.36. The molecule has 0 aromatic heterocycles. The third kappa shape index (κ3) is 2.43. The minimum atomic E-state index is 0.994. The molecule has 0 saturated heterocycles. The van der Waals surface area contributed by atoms with E-state index in [4.69, 9.17) is 0 Å². The fourth-order valence-electron chi connectivity index (χ4n) is 1.36. The van der Waals surface area contributed by atoms with Crippen molar-refractivity contribution in [2.24, 2.45) is 4.99 Å². The number of benzene rings is 1. The van der Waals surface area contributed by atoms with Gasteiger partial charge in [-0.25, -0.2) is 0 Å². The summed E-state index contributed by atoms with van der Waals surface area (Å²) in [5.74, 6) is 0. The number of rotatable bonds is 3. The standard InChI is InChI=1S/C13H15N/c1-4-13(11(3)14-5-2)12-9-7-6-8-10-12/h4-10H,1H2,2-3H3/b13-11+,14-5?. The summed E-state index contributed by atoms with van der Waals surface area (Å²) >= 11 is 0. The lowest BCUT2D eigenvalue weighted by Gasteiger charge is -2.04. The zero-order valence-electron chi connectivity index (χ0n) is 8.70. The van der Waals surface area contributed by atoms with Gasteiger partial charge in [0.25, 0.3) is 0 Å². The molecule has 0 atom stereocenters. The smallest absolute Gasteiger partial charge is 0.0446 e. The molecule has 0 unspecified atom stereocenters. The van der Waals surface area contributed by atoms with E-state index in [9.17, 15) is 0 Å². The highest BCUT2D eigenvalue weighted by Gasteiger charge is 1.99. The van der Waals surface area contributed by atoms with E-state index in [1.165, 1.54) is 0 Å². The molecule has 0 N–H and O–H groups in total. The predicted molar refractivity (Wildman–Crippen MR) is 63.4 cm³/mol. The van der Waals surface area contributed by atoms with Crippen LogP contribution in [0.1, 0.15) is 19.4 Å². The van der Waals surface area contributed by atoms with Gasteiger partial charge in [-0.15, -0.1) is 0 Å². The molecule has 0 heterocycles. The summed E-state index contributed by atoms with van der Waals surface area (Å²) in [5, 5.41) is 0. The van der Waals surface area contributed by atoms with Gasteiger partial charge < -0.3 is 0 Å². The van der Waals surface area contributed by atoms with Crippen molar-refractivity contribution in [2.75, 3.05) is 0 Å². The lowest BCUT2D eigenvalue weighted by Crippen LogP contribution is -1.83. The molecule has 0 bridgehead atoms. The van der Waals surface area contributed by atoms with Crippen molar-refractivity contribution in [3.05, 3.63) is 54.2 Å². The lowest BCUT2D eigenvalue weighted by molar-refractivity contribution is 1.32. The Morgan fingerprint density at radius 3 is 2.43 bits per heavy atom. The topological polar surface area (TPSA) is 12.4 Å². The quantitative estimate of drug-likeness (QED) is 0.503. The SMILES string of the molecule is C=C/C(=C(/C)N=CC)c1ccccc1. The van der Waals surface area contributed by atoms with Crippen LogP contribution < -0.4 is 0 Å². The Morgan fingerprint density at radius 1 is 1.29 bits per heavy atom. The summed E-state index contributed by atoms with van der Waals surface area (Å²) < 4.78 is 0. The Kier molecular flexibility index (Phi) is 3.86. The van der Waals surface area contributed by atoms with Crippen LogP contribution in [-0.2, 0) is 0 Å². The second-order valence-corrected chi connectivity index (χ2v) is 2.96. The molecule has 0 spiro atoms. The van der Waals surface area contributed by atoms with Gasteiger partial charge in [0.2, 0.25) is 0 Å². The molecule has 1 aromatic carbocycles. The van der Waals surface area contributed by atoms with E-state index < -0.39 is 0 Å². The van der Waals surface area contributed by atoms with Gasteiger partial charge in [0.1, 0.15) is 0 Å². The van der Waals surface area contributed by atoms with Gasteiger partial charge in [-0.05, 0) is 19.4 Å². The minimum absolute atomic E-state index is 0.994. The summed E-state index contributed by atoms with van der Waals surface area (Å²) in [6.45, 7) is 7.71. The zero-order valence-corrected chi connectivity index (χ0v) is 8.70. The Labute approximate surface area is 85.5 Å². The van der Waals surface area contributed by atoms with Crippen LogP contribution in [0.25, 0.3) is 5.57 Å². The van der Waals surface area contributed by atoms with Crippen molar-refractivity contribution in [1.82, 2.24) is 0 Å². The summed E-state index contributed by atoms with van der Waals surface area (Å²) in [6.07, 6.45) is 3.64. The van der Waals surface area contributed by atoms with E-state index in [0.29, 0.717) is 0 Å². The van der Waals surface area contributed by atoms with E-state index in [2.05, 4.69) is 23.7 Å². The van der Waals surface area contributed by atoms with E-state index in [1.807, 2.05) is 38.1 Å². The average Bonchev–Trinajstić information content (AvgIpc) is 2.21. The minimum Gasteiger partial charge on any atom is -0.266 e. The fraction of sp³-hybridized carbons (Fsp3) is 0.154. The molecule has 0 saturated carbocycles. The summed E-state index contributed by atoms with van der Waals surface area (Å²) in [6, 6.07) is 10.2. The normalized spacial score (nSPS) is 12.7. The van der Waals surface area contributed by atoms with Crippen LogP contribution in [0, 0.1) is 0 Å². The molecule has 0 amide bonds. The Hall–Kier alpha value is -1.63. The molecule has 1 heteroatoms. The maximum absolute atomic E-state index is 4.26. The number of hydrogen-bond acceptors (Lipinski definition) is 1. The molecular weight excluding hydrogens is 170 g/mol. The first-order chi connectivity index (χ1) is 6.79. The first kappa shape index (κ1) is 10.5. The third-order valence-electron chi connectivity index (χ3n) is 2.00. The van der Waals surface area contributed by atoms with E-state index in [0.717, 1.165) is 16.8 Å². The van der Waals surface area contributed by atoms with Gasteiger partial charge in [-0.2, -0.15) is 0 Å². The summed E-state index contributed by atoms with van der Waals surface area (Å²) in [5.41, 5.74) is 3.24. The number of nitrogens with zero attached hydrogens (tertiary/aromatic N) is 1. The van der Waals surface area contributed by atoms with E-state index in [1.54, 1.807) is 6.21 Å². The molecule has 0 radical (unpaired) electrons. The molecule has 0 aliphatic rings. The van der Waals surface area contributed by atoms with Crippen molar-refractivity contribution in [1.29, 1.82) is 0 Å². The average molecular weight is 185 g/mol. The van der Waals surface area contributed by atoms with Crippen LogP contribution in [0.4, 0.5) is 0 Å². The number of aliphatic imine (C=N–C) groups is 1. The second-order valence-electron chi connectivity index (χ2n) is 2.96. The van der Waals surface area contributed by atoms with Gasteiger partial charge in [0, 0.05) is 17.5 Å². The maximum atomic E-state index is 4.26. The molecular formula is C13H15N. The monoisotopic (exact) mass is 185 g/mol. The zero-order chi connectivity index (χ0) is 10.4. The molecule has 72 valence electrons. The third-order valence-corrected chi connectivity index (χ3v) is 2.00. The van der Waals surface area contributed by atoms with Crippen molar-refractivity contribution in [3.8, 4) is 0 Å². The van der Waals surface area contributed by atoms with E-state index >= 15 is 0 Å². The molecule has 1 aromatic rings. The van der Waals surface area contributed by atoms with Gasteiger partial charge in [0.05, 0.1) is 0 Å². The van der Waals surface area contributed by atoms with Crippen molar-refractivity contribution in [3.63, 3.8) is 0 Å². The summed E-state index contributed by atoms with van der Waals surface area (Å²) in [7, 11) is 0. The largest absolute Gasteiger partial charge is 0.266 e. The highest BCUT2D eigenvalue weighted by atomic mass is 14.7.